The number of nitrogens with zero attached hydrogens (tertiary/aromatic N) is 1. The Morgan fingerprint density at radius 3 is 2.79 bits per heavy atom. The van der Waals surface area contributed by atoms with Gasteiger partial charge in [-0.25, -0.2) is 14.2 Å². The molecule has 98 valence electrons. The lowest BCUT2D eigenvalue weighted by molar-refractivity contribution is 0.0689. The fourth-order valence-corrected chi connectivity index (χ4v) is 1.46. The van der Waals surface area contributed by atoms with E-state index in [1.165, 1.54) is 18.2 Å². The molecule has 0 aliphatic heterocycles. The number of anilines is 1. The molecule has 0 fully saturated rings. The number of nitrogens with two attached hydrogens (primary N) is 1. The Morgan fingerprint density at radius 2 is 2.11 bits per heavy atom. The van der Waals surface area contributed by atoms with Gasteiger partial charge in [-0.3, -0.25) is 0 Å². The molecule has 3 N–H and O–H groups in total. The maximum atomic E-state index is 13.8. The van der Waals surface area contributed by atoms with Crippen LogP contribution in [-0.4, -0.2) is 16.1 Å². The third kappa shape index (κ3) is 2.62. The second-order valence-corrected chi connectivity index (χ2v) is 3.89. The molecule has 1 aromatic heterocycles. The van der Waals surface area contributed by atoms with Gasteiger partial charge >= 0.3 is 5.97 Å². The van der Waals surface area contributed by atoms with Crippen molar-refractivity contribution in [1.82, 2.24) is 4.98 Å². The molecule has 1 aromatic carbocycles. The molecule has 0 spiro atoms. The Labute approximate surface area is 108 Å². The molecular weight excluding hydrogens is 251 g/mol. The van der Waals surface area contributed by atoms with Crippen molar-refractivity contribution in [2.75, 3.05) is 5.73 Å². The predicted octanol–water partition coefficient (Wildman–Crippen LogP) is 2.60. The number of ether oxygens (including phenoxy) is 1. The number of pyridine rings is 1. The predicted molar refractivity (Wildman–Crippen MR) is 66.8 cm³/mol. The molecule has 0 saturated carbocycles. The highest BCUT2D eigenvalue weighted by atomic mass is 19.1. The highest BCUT2D eigenvalue weighted by molar-refractivity contribution is 5.86. The fraction of sp³-hybridized carbons (Fsp3) is 0.0769. The molecule has 0 atom stereocenters. The number of rotatable bonds is 3. The molecule has 0 aliphatic rings. The van der Waals surface area contributed by atoms with E-state index in [1.807, 2.05) is 0 Å². The Hall–Kier alpha value is -2.63. The molecule has 0 aliphatic carbocycles. The van der Waals surface area contributed by atoms with Crippen molar-refractivity contribution >= 4 is 11.7 Å². The first-order valence-corrected chi connectivity index (χ1v) is 5.42. The van der Waals surface area contributed by atoms with Crippen LogP contribution >= 0.6 is 0 Å². The second kappa shape index (κ2) is 4.93. The number of benzene rings is 1. The Balaban J connectivity index is 2.40. The van der Waals surface area contributed by atoms with Crippen LogP contribution in [0.2, 0.25) is 0 Å². The molecule has 6 heteroatoms. The minimum atomic E-state index is -1.21. The average Bonchev–Trinajstić information content (AvgIpc) is 2.37. The van der Waals surface area contributed by atoms with Gasteiger partial charge in [0.25, 0.3) is 0 Å². The first-order valence-electron chi connectivity index (χ1n) is 5.42. The number of hydrogen-bond donors (Lipinski definition) is 2. The smallest absolute Gasteiger partial charge is 0.354 e. The Bertz CT molecular complexity index is 644. The van der Waals surface area contributed by atoms with Crippen LogP contribution < -0.4 is 10.5 Å². The quantitative estimate of drug-likeness (QED) is 0.888. The summed E-state index contributed by atoms with van der Waals surface area (Å²) in [5.41, 5.74) is 5.94. The molecule has 5 nitrogen and oxygen atoms in total. The number of carbonyl (C=O) groups is 1. The maximum absolute atomic E-state index is 13.8. The van der Waals surface area contributed by atoms with Crippen LogP contribution in [0, 0.1) is 12.7 Å². The van der Waals surface area contributed by atoms with Crippen LogP contribution in [0.3, 0.4) is 0 Å². The topological polar surface area (TPSA) is 85.4 Å². The molecule has 19 heavy (non-hydrogen) atoms. The summed E-state index contributed by atoms with van der Waals surface area (Å²) in [4.78, 5) is 14.5. The lowest BCUT2D eigenvalue weighted by atomic mass is 10.2. The molecule has 0 saturated heterocycles. The molecule has 0 bridgehead atoms. The summed E-state index contributed by atoms with van der Waals surface area (Å²) >= 11 is 0. The Kier molecular flexibility index (Phi) is 3.33. The van der Waals surface area contributed by atoms with E-state index in [-0.39, 0.29) is 23.0 Å². The van der Waals surface area contributed by atoms with Gasteiger partial charge in [-0.15, -0.1) is 0 Å². The zero-order valence-corrected chi connectivity index (χ0v) is 10.1. The number of aromatic carboxylic acids is 1. The van der Waals surface area contributed by atoms with Crippen LogP contribution in [0.1, 0.15) is 16.1 Å². The SMILES string of the molecule is Cc1cccc(Oc2nc(C(=O)O)ccc2N)c1F. The molecule has 0 radical (unpaired) electrons. The van der Waals surface area contributed by atoms with Crippen LogP contribution in [-0.2, 0) is 0 Å². The van der Waals surface area contributed by atoms with Gasteiger partial charge in [0.05, 0.1) is 5.69 Å². The van der Waals surface area contributed by atoms with Gasteiger partial charge in [0.15, 0.2) is 17.3 Å². The molecule has 2 rings (SSSR count). The van der Waals surface area contributed by atoms with Crippen molar-refractivity contribution in [3.63, 3.8) is 0 Å². The molecule has 2 aromatic rings. The normalized spacial score (nSPS) is 10.2. The number of hydrogen-bond acceptors (Lipinski definition) is 4. The monoisotopic (exact) mass is 262 g/mol. The van der Waals surface area contributed by atoms with Crippen molar-refractivity contribution in [3.8, 4) is 11.6 Å². The van der Waals surface area contributed by atoms with E-state index in [4.69, 9.17) is 15.6 Å². The van der Waals surface area contributed by atoms with Gasteiger partial charge in [0, 0.05) is 0 Å². The van der Waals surface area contributed by atoms with Gasteiger partial charge in [-0.05, 0) is 30.7 Å². The summed E-state index contributed by atoms with van der Waals surface area (Å²) in [6.45, 7) is 1.59. The average molecular weight is 262 g/mol. The summed E-state index contributed by atoms with van der Waals surface area (Å²) in [7, 11) is 0. The van der Waals surface area contributed by atoms with E-state index in [0.717, 1.165) is 0 Å². The van der Waals surface area contributed by atoms with E-state index in [1.54, 1.807) is 19.1 Å². The minimum Gasteiger partial charge on any atom is -0.477 e. The van der Waals surface area contributed by atoms with Crippen LogP contribution in [0.5, 0.6) is 11.6 Å². The van der Waals surface area contributed by atoms with Crippen molar-refractivity contribution in [2.24, 2.45) is 0 Å². The first-order chi connectivity index (χ1) is 8.99. The van der Waals surface area contributed by atoms with Gasteiger partial charge in [-0.2, -0.15) is 0 Å². The minimum absolute atomic E-state index is 0.0539. The van der Waals surface area contributed by atoms with Crippen molar-refractivity contribution in [1.29, 1.82) is 0 Å². The first kappa shape index (κ1) is 12.8. The van der Waals surface area contributed by atoms with Gasteiger partial charge < -0.3 is 15.6 Å². The summed E-state index contributed by atoms with van der Waals surface area (Å²) in [6, 6.07) is 7.21. The largest absolute Gasteiger partial charge is 0.477 e. The van der Waals surface area contributed by atoms with Crippen LogP contribution in [0.4, 0.5) is 10.1 Å². The van der Waals surface area contributed by atoms with E-state index in [0.29, 0.717) is 5.56 Å². The summed E-state index contributed by atoms with van der Waals surface area (Å²) in [5, 5.41) is 8.83. The number of carboxylic acids is 1. The van der Waals surface area contributed by atoms with E-state index >= 15 is 0 Å². The standard InChI is InChI=1S/C13H11FN2O3/c1-7-3-2-4-10(11(7)14)19-12-8(15)5-6-9(16-12)13(17)18/h2-6H,15H2,1H3,(H,17,18). The van der Waals surface area contributed by atoms with E-state index in [2.05, 4.69) is 4.98 Å². The van der Waals surface area contributed by atoms with Gasteiger partial charge in [-0.1, -0.05) is 12.1 Å². The molecular formula is C13H11FN2O3. The van der Waals surface area contributed by atoms with Crippen LogP contribution in [0.25, 0.3) is 0 Å². The number of nitrogen functional groups attached to an aromatic ring is 1. The van der Waals surface area contributed by atoms with Crippen molar-refractivity contribution < 1.29 is 19.0 Å². The van der Waals surface area contributed by atoms with Gasteiger partial charge in [0.1, 0.15) is 0 Å². The number of aromatic nitrogens is 1. The third-order valence-electron chi connectivity index (χ3n) is 2.47. The highest BCUT2D eigenvalue weighted by Crippen LogP contribution is 2.28. The fourth-order valence-electron chi connectivity index (χ4n) is 1.46. The zero-order valence-electron chi connectivity index (χ0n) is 10.1. The number of aryl methyl sites for hydroxylation is 1. The summed E-state index contributed by atoms with van der Waals surface area (Å²) in [5.74, 6) is -1.94. The van der Waals surface area contributed by atoms with Gasteiger partial charge in [0.2, 0.25) is 5.88 Å². The van der Waals surface area contributed by atoms with Crippen molar-refractivity contribution in [2.45, 2.75) is 6.92 Å². The maximum Gasteiger partial charge on any atom is 0.354 e. The summed E-state index contributed by atoms with van der Waals surface area (Å²) < 4.78 is 19.0. The number of halogens is 1. The lowest BCUT2D eigenvalue weighted by Crippen LogP contribution is -2.04. The molecule has 0 amide bonds. The molecule has 0 unspecified atom stereocenters. The van der Waals surface area contributed by atoms with Crippen molar-refractivity contribution in [3.05, 3.63) is 47.4 Å². The number of carboxylic acid groups (broad SMARTS) is 1. The highest BCUT2D eigenvalue weighted by Gasteiger charge is 2.13. The third-order valence-corrected chi connectivity index (χ3v) is 2.47. The van der Waals surface area contributed by atoms with Crippen LogP contribution in [0.15, 0.2) is 30.3 Å². The summed E-state index contributed by atoms with van der Waals surface area (Å²) in [6.07, 6.45) is 0. The lowest BCUT2D eigenvalue weighted by Gasteiger charge is -2.09. The second-order valence-electron chi connectivity index (χ2n) is 3.89. The van der Waals surface area contributed by atoms with E-state index in [9.17, 15) is 9.18 Å². The molecule has 1 heterocycles. The van der Waals surface area contributed by atoms with E-state index < -0.39 is 11.8 Å². The Morgan fingerprint density at radius 1 is 1.37 bits per heavy atom. The zero-order chi connectivity index (χ0) is 14.0.